The standard InChI is InChI=1S/C26H21BrN2O2S/c1-17(2)21-13-6-7-14-22(21)29-24(30)16-23(18-9-4-3-5-10-18)32-26(29)28-25(31)19-11-8-12-20(27)15-19/h3-17H,1-2H3/b28-26-. The van der Waals surface area contributed by atoms with Crippen LogP contribution in [0, 0.1) is 0 Å². The lowest BCUT2D eigenvalue weighted by atomic mass is 10.0. The van der Waals surface area contributed by atoms with E-state index in [1.54, 1.807) is 28.8 Å². The van der Waals surface area contributed by atoms with E-state index in [0.717, 1.165) is 26.2 Å². The van der Waals surface area contributed by atoms with Crippen molar-refractivity contribution in [2.24, 2.45) is 4.99 Å². The van der Waals surface area contributed by atoms with Gasteiger partial charge in [-0.2, -0.15) is 4.99 Å². The number of benzene rings is 3. The second-order valence-electron chi connectivity index (χ2n) is 7.57. The first kappa shape index (κ1) is 22.1. The van der Waals surface area contributed by atoms with Gasteiger partial charge in [-0.3, -0.25) is 14.2 Å². The molecule has 0 atom stereocenters. The van der Waals surface area contributed by atoms with E-state index < -0.39 is 5.91 Å². The van der Waals surface area contributed by atoms with Crippen molar-refractivity contribution in [3.8, 4) is 16.1 Å². The largest absolute Gasteiger partial charge is 0.279 e. The molecular weight excluding hydrogens is 484 g/mol. The van der Waals surface area contributed by atoms with E-state index in [2.05, 4.69) is 34.8 Å². The Morgan fingerprint density at radius 1 is 0.938 bits per heavy atom. The molecule has 0 radical (unpaired) electrons. The number of halogens is 1. The zero-order valence-corrected chi connectivity index (χ0v) is 20.1. The molecule has 4 aromatic rings. The molecule has 0 unspecified atom stereocenters. The van der Waals surface area contributed by atoms with Crippen LogP contribution >= 0.6 is 27.3 Å². The number of carbonyl (C=O) groups excluding carboxylic acids is 1. The molecule has 4 nitrogen and oxygen atoms in total. The van der Waals surface area contributed by atoms with Crippen LogP contribution < -0.4 is 10.4 Å². The summed E-state index contributed by atoms with van der Waals surface area (Å²) in [4.78, 5) is 31.9. The summed E-state index contributed by atoms with van der Waals surface area (Å²) in [5, 5.41) is 0. The molecule has 6 heteroatoms. The second-order valence-corrected chi connectivity index (χ2v) is 9.50. The maximum Gasteiger partial charge on any atom is 0.279 e. The molecule has 0 aliphatic carbocycles. The average Bonchev–Trinajstić information content (AvgIpc) is 2.79. The first-order valence-electron chi connectivity index (χ1n) is 10.2. The molecule has 0 aliphatic rings. The van der Waals surface area contributed by atoms with Crippen molar-refractivity contribution in [1.29, 1.82) is 0 Å². The van der Waals surface area contributed by atoms with E-state index in [1.165, 1.54) is 11.3 Å². The number of hydrogen-bond acceptors (Lipinski definition) is 3. The predicted molar refractivity (Wildman–Crippen MR) is 133 cm³/mol. The summed E-state index contributed by atoms with van der Waals surface area (Å²) in [6.07, 6.45) is 0. The lowest BCUT2D eigenvalue weighted by molar-refractivity contribution is 0.0998. The van der Waals surface area contributed by atoms with Crippen molar-refractivity contribution in [3.63, 3.8) is 0 Å². The Hall–Kier alpha value is -3.09. The Morgan fingerprint density at radius 3 is 2.38 bits per heavy atom. The summed E-state index contributed by atoms with van der Waals surface area (Å²) in [6, 6.07) is 26.1. The molecule has 3 aromatic carbocycles. The van der Waals surface area contributed by atoms with Gasteiger partial charge in [0.25, 0.3) is 11.5 Å². The Morgan fingerprint density at radius 2 is 1.66 bits per heavy atom. The van der Waals surface area contributed by atoms with Crippen molar-refractivity contribution < 1.29 is 4.79 Å². The molecule has 0 fully saturated rings. The van der Waals surface area contributed by atoms with Gasteiger partial charge >= 0.3 is 0 Å². The highest BCUT2D eigenvalue weighted by molar-refractivity contribution is 9.10. The van der Waals surface area contributed by atoms with Gasteiger partial charge in [-0.15, -0.1) is 0 Å². The maximum atomic E-state index is 13.4. The van der Waals surface area contributed by atoms with Crippen LogP contribution in [0.4, 0.5) is 0 Å². The quantitative estimate of drug-likeness (QED) is 0.332. The molecule has 0 spiro atoms. The SMILES string of the molecule is CC(C)c1ccccc1-n1c(=O)cc(-c2ccccc2)s/c1=N\C(=O)c1cccc(Br)c1. The maximum absolute atomic E-state index is 13.4. The van der Waals surface area contributed by atoms with Gasteiger partial charge in [-0.25, -0.2) is 0 Å². The van der Waals surface area contributed by atoms with Crippen LogP contribution in [0.2, 0.25) is 0 Å². The van der Waals surface area contributed by atoms with E-state index >= 15 is 0 Å². The van der Waals surface area contributed by atoms with Gasteiger partial charge in [-0.05, 0) is 41.3 Å². The predicted octanol–water partition coefficient (Wildman–Crippen LogP) is 6.19. The van der Waals surface area contributed by atoms with Gasteiger partial charge in [0.2, 0.25) is 4.80 Å². The molecule has 0 aliphatic heterocycles. The molecule has 32 heavy (non-hydrogen) atoms. The van der Waals surface area contributed by atoms with Gasteiger partial charge in [-0.1, -0.05) is 95.7 Å². The molecule has 1 amide bonds. The number of carbonyl (C=O) groups is 1. The van der Waals surface area contributed by atoms with Gasteiger partial charge in [0.15, 0.2) is 0 Å². The molecule has 1 aromatic heterocycles. The van der Waals surface area contributed by atoms with Crippen LogP contribution in [0.1, 0.15) is 35.7 Å². The van der Waals surface area contributed by atoms with Crippen LogP contribution in [0.15, 0.2) is 99.2 Å². The first-order chi connectivity index (χ1) is 15.4. The molecule has 4 rings (SSSR count). The Bertz CT molecular complexity index is 1410. The molecule has 160 valence electrons. The third-order valence-corrected chi connectivity index (χ3v) is 6.52. The fourth-order valence-electron chi connectivity index (χ4n) is 3.44. The first-order valence-corrected chi connectivity index (χ1v) is 11.8. The van der Waals surface area contributed by atoms with E-state index in [-0.39, 0.29) is 11.5 Å². The normalized spacial score (nSPS) is 11.7. The number of aromatic nitrogens is 1. The third-order valence-electron chi connectivity index (χ3n) is 4.99. The number of hydrogen-bond donors (Lipinski definition) is 0. The molecule has 1 heterocycles. The van der Waals surface area contributed by atoms with Gasteiger partial charge in [0.05, 0.1) is 5.69 Å². The molecular formula is C26H21BrN2O2S. The van der Waals surface area contributed by atoms with Crippen LogP contribution in [0.5, 0.6) is 0 Å². The molecule has 0 saturated heterocycles. The van der Waals surface area contributed by atoms with Gasteiger partial charge < -0.3 is 0 Å². The monoisotopic (exact) mass is 504 g/mol. The highest BCUT2D eigenvalue weighted by Gasteiger charge is 2.14. The second kappa shape index (κ2) is 9.59. The van der Waals surface area contributed by atoms with Gasteiger partial charge in [0.1, 0.15) is 0 Å². The zero-order chi connectivity index (χ0) is 22.7. The van der Waals surface area contributed by atoms with E-state index in [9.17, 15) is 9.59 Å². The van der Waals surface area contributed by atoms with Crippen molar-refractivity contribution in [1.82, 2.24) is 4.57 Å². The number of nitrogens with zero attached hydrogens (tertiary/aromatic N) is 2. The van der Waals surface area contributed by atoms with Crippen molar-refractivity contribution in [2.45, 2.75) is 19.8 Å². The summed E-state index contributed by atoms with van der Waals surface area (Å²) in [5.74, 6) is -0.200. The fourth-order valence-corrected chi connectivity index (χ4v) is 4.85. The topological polar surface area (TPSA) is 51.4 Å². The fraction of sp³-hybridized carbons (Fsp3) is 0.115. The minimum absolute atomic E-state index is 0.200. The summed E-state index contributed by atoms with van der Waals surface area (Å²) in [6.45, 7) is 4.16. The van der Waals surface area contributed by atoms with Crippen molar-refractivity contribution in [2.75, 3.05) is 0 Å². The average molecular weight is 505 g/mol. The lowest BCUT2D eigenvalue weighted by Crippen LogP contribution is -2.31. The molecule has 0 saturated carbocycles. The number of rotatable bonds is 4. The Balaban J connectivity index is 2.00. The molecule has 0 N–H and O–H groups in total. The lowest BCUT2D eigenvalue weighted by Gasteiger charge is -2.15. The summed E-state index contributed by atoms with van der Waals surface area (Å²) >= 11 is 4.72. The smallest absolute Gasteiger partial charge is 0.269 e. The third kappa shape index (κ3) is 4.71. The summed E-state index contributed by atoms with van der Waals surface area (Å²) < 4.78 is 2.34. The van der Waals surface area contributed by atoms with Crippen molar-refractivity contribution >= 4 is 33.2 Å². The van der Waals surface area contributed by atoms with Crippen LogP contribution in [-0.4, -0.2) is 10.5 Å². The van der Waals surface area contributed by atoms with E-state index in [0.29, 0.717) is 10.4 Å². The summed E-state index contributed by atoms with van der Waals surface area (Å²) in [5.41, 5.74) is 2.89. The van der Waals surface area contributed by atoms with Crippen LogP contribution in [0.3, 0.4) is 0 Å². The minimum atomic E-state index is -0.400. The number of amides is 1. The van der Waals surface area contributed by atoms with Crippen molar-refractivity contribution in [3.05, 3.63) is 116 Å². The highest BCUT2D eigenvalue weighted by Crippen LogP contribution is 2.24. The minimum Gasteiger partial charge on any atom is -0.269 e. The molecule has 0 bridgehead atoms. The highest BCUT2D eigenvalue weighted by atomic mass is 79.9. The van der Waals surface area contributed by atoms with E-state index in [4.69, 9.17) is 0 Å². The Kier molecular flexibility index (Phi) is 6.63. The summed E-state index contributed by atoms with van der Waals surface area (Å²) in [7, 11) is 0. The van der Waals surface area contributed by atoms with Crippen LogP contribution in [0.25, 0.3) is 16.1 Å². The van der Waals surface area contributed by atoms with E-state index in [1.807, 2.05) is 60.7 Å². The van der Waals surface area contributed by atoms with Gasteiger partial charge in [0, 0.05) is 21.0 Å². The van der Waals surface area contributed by atoms with Crippen LogP contribution in [-0.2, 0) is 0 Å². The Labute approximate surface area is 198 Å². The zero-order valence-electron chi connectivity index (χ0n) is 17.7. The number of para-hydroxylation sites is 1.